The zero-order valence-electron chi connectivity index (χ0n) is 11.9. The highest BCUT2D eigenvalue weighted by Crippen LogP contribution is 2.26. The van der Waals surface area contributed by atoms with Gasteiger partial charge in [-0.2, -0.15) is 0 Å². The highest BCUT2D eigenvalue weighted by atomic mass is 32.2. The number of nitrogens with two attached hydrogens (primary N) is 1. The van der Waals surface area contributed by atoms with Gasteiger partial charge in [0.1, 0.15) is 17.2 Å². The van der Waals surface area contributed by atoms with Crippen molar-refractivity contribution in [2.75, 3.05) is 24.2 Å². The summed E-state index contributed by atoms with van der Waals surface area (Å²) in [6, 6.07) is 10.5. The maximum absolute atomic E-state index is 5.65. The molecule has 0 aliphatic rings. The Kier molecular flexibility index (Phi) is 5.38. The Balaban J connectivity index is 2.32. The van der Waals surface area contributed by atoms with Gasteiger partial charge >= 0.3 is 0 Å². The highest BCUT2D eigenvalue weighted by Gasteiger charge is 2.11. The molecule has 0 saturated carbocycles. The van der Waals surface area contributed by atoms with Crippen molar-refractivity contribution in [3.8, 4) is 0 Å². The summed E-state index contributed by atoms with van der Waals surface area (Å²) in [6.45, 7) is 3.61. The maximum atomic E-state index is 5.65. The van der Waals surface area contributed by atoms with Crippen LogP contribution >= 0.6 is 11.8 Å². The molecule has 0 saturated heterocycles. The van der Waals surface area contributed by atoms with Crippen LogP contribution in [-0.4, -0.2) is 29.3 Å². The van der Waals surface area contributed by atoms with E-state index in [-0.39, 0.29) is 0 Å². The second kappa shape index (κ2) is 7.26. The summed E-state index contributed by atoms with van der Waals surface area (Å²) in [6.07, 6.45) is 4.56. The lowest BCUT2D eigenvalue weighted by atomic mass is 10.2. The molecule has 2 rings (SSSR count). The van der Waals surface area contributed by atoms with E-state index >= 15 is 0 Å². The molecule has 0 aliphatic heterocycles. The third-order valence-electron chi connectivity index (χ3n) is 3.04. The van der Waals surface area contributed by atoms with E-state index in [1.54, 1.807) is 18.1 Å². The second-order valence-electron chi connectivity index (χ2n) is 4.55. The fraction of sp³-hybridized carbons (Fsp3) is 0.333. The predicted octanol–water partition coefficient (Wildman–Crippen LogP) is 2.99. The zero-order valence-corrected chi connectivity index (χ0v) is 12.7. The Morgan fingerprint density at radius 3 is 2.60 bits per heavy atom. The van der Waals surface area contributed by atoms with Crippen molar-refractivity contribution in [2.24, 2.45) is 5.73 Å². The third kappa shape index (κ3) is 3.71. The molecular formula is C15H20N4S. The largest absolute Gasteiger partial charge is 0.330 e. The van der Waals surface area contributed by atoms with E-state index in [0.717, 1.165) is 29.5 Å². The fourth-order valence-corrected chi connectivity index (χ4v) is 2.31. The standard InChI is InChI=1S/C15H20N4S/c1-12-4-6-13(7-5-12)19(9-3-8-16)14-10-15(20-2)18-11-17-14/h4-7,10-11H,3,8-9,16H2,1-2H3. The van der Waals surface area contributed by atoms with Gasteiger partial charge in [-0.15, -0.1) is 11.8 Å². The molecule has 1 heterocycles. The summed E-state index contributed by atoms with van der Waals surface area (Å²) in [5, 5.41) is 0.972. The summed E-state index contributed by atoms with van der Waals surface area (Å²) in [7, 11) is 0. The van der Waals surface area contributed by atoms with Crippen molar-refractivity contribution in [1.29, 1.82) is 0 Å². The second-order valence-corrected chi connectivity index (χ2v) is 5.37. The van der Waals surface area contributed by atoms with Gasteiger partial charge in [0, 0.05) is 18.3 Å². The number of hydrogen-bond donors (Lipinski definition) is 1. The lowest BCUT2D eigenvalue weighted by Crippen LogP contribution is -2.22. The fourth-order valence-electron chi connectivity index (χ4n) is 1.94. The molecular weight excluding hydrogens is 268 g/mol. The van der Waals surface area contributed by atoms with Crippen molar-refractivity contribution >= 4 is 23.3 Å². The van der Waals surface area contributed by atoms with Gasteiger partial charge in [-0.05, 0) is 38.3 Å². The van der Waals surface area contributed by atoms with Crippen molar-refractivity contribution in [2.45, 2.75) is 18.4 Å². The number of rotatable bonds is 6. The van der Waals surface area contributed by atoms with Crippen molar-refractivity contribution in [3.63, 3.8) is 0 Å². The number of aryl methyl sites for hydroxylation is 1. The van der Waals surface area contributed by atoms with Crippen LogP contribution in [0.3, 0.4) is 0 Å². The van der Waals surface area contributed by atoms with Crippen LogP contribution in [0.2, 0.25) is 0 Å². The third-order valence-corrected chi connectivity index (χ3v) is 3.69. The quantitative estimate of drug-likeness (QED) is 0.654. The average molecular weight is 288 g/mol. The van der Waals surface area contributed by atoms with Crippen LogP contribution in [0.1, 0.15) is 12.0 Å². The van der Waals surface area contributed by atoms with Crippen LogP contribution < -0.4 is 10.6 Å². The van der Waals surface area contributed by atoms with Gasteiger partial charge < -0.3 is 10.6 Å². The van der Waals surface area contributed by atoms with Crippen molar-refractivity contribution in [3.05, 3.63) is 42.2 Å². The van der Waals surface area contributed by atoms with Gasteiger partial charge in [-0.3, -0.25) is 0 Å². The highest BCUT2D eigenvalue weighted by molar-refractivity contribution is 7.98. The SMILES string of the molecule is CSc1cc(N(CCCN)c2ccc(C)cc2)ncn1. The Hall–Kier alpha value is -1.59. The first-order chi connectivity index (χ1) is 9.74. The Morgan fingerprint density at radius 1 is 1.20 bits per heavy atom. The molecule has 20 heavy (non-hydrogen) atoms. The summed E-state index contributed by atoms with van der Waals surface area (Å²) < 4.78 is 0. The minimum atomic E-state index is 0.669. The van der Waals surface area contributed by atoms with Crippen molar-refractivity contribution < 1.29 is 0 Å². The van der Waals surface area contributed by atoms with E-state index in [2.05, 4.69) is 46.1 Å². The van der Waals surface area contributed by atoms with Gasteiger partial charge in [0.2, 0.25) is 0 Å². The molecule has 1 aromatic carbocycles. The first-order valence-corrected chi connectivity index (χ1v) is 7.87. The van der Waals surface area contributed by atoms with Gasteiger partial charge in [0.15, 0.2) is 0 Å². The first-order valence-electron chi connectivity index (χ1n) is 6.65. The number of hydrogen-bond acceptors (Lipinski definition) is 5. The molecule has 1 aromatic heterocycles. The van der Waals surface area contributed by atoms with Gasteiger partial charge in [0.05, 0.1) is 0 Å². The molecule has 0 bridgehead atoms. The maximum Gasteiger partial charge on any atom is 0.137 e. The molecule has 0 aliphatic carbocycles. The minimum Gasteiger partial charge on any atom is -0.330 e. The molecule has 2 aromatic rings. The molecule has 106 valence electrons. The molecule has 0 fully saturated rings. The van der Waals surface area contributed by atoms with Gasteiger partial charge in [-0.25, -0.2) is 9.97 Å². The van der Waals surface area contributed by atoms with Gasteiger partial charge in [-0.1, -0.05) is 17.7 Å². The molecule has 0 radical (unpaired) electrons. The number of benzene rings is 1. The Labute approximate surface area is 124 Å². The lowest BCUT2D eigenvalue weighted by Gasteiger charge is -2.24. The summed E-state index contributed by atoms with van der Waals surface area (Å²) >= 11 is 1.62. The normalized spacial score (nSPS) is 10.6. The van der Waals surface area contributed by atoms with Gasteiger partial charge in [0.25, 0.3) is 0 Å². The minimum absolute atomic E-state index is 0.669. The van der Waals surface area contributed by atoms with Crippen LogP contribution in [0.5, 0.6) is 0 Å². The molecule has 5 heteroatoms. The van der Waals surface area contributed by atoms with E-state index in [4.69, 9.17) is 5.73 Å². The number of aromatic nitrogens is 2. The molecule has 2 N–H and O–H groups in total. The lowest BCUT2D eigenvalue weighted by molar-refractivity contribution is 0.805. The van der Waals surface area contributed by atoms with E-state index in [1.807, 2.05) is 12.3 Å². The Bertz CT molecular complexity index is 542. The van der Waals surface area contributed by atoms with E-state index < -0.39 is 0 Å². The topological polar surface area (TPSA) is 55.0 Å². The number of anilines is 2. The molecule has 0 amide bonds. The number of thioether (sulfide) groups is 1. The summed E-state index contributed by atoms with van der Waals surface area (Å²) in [5.74, 6) is 0.918. The monoisotopic (exact) mass is 288 g/mol. The van der Waals surface area contributed by atoms with Crippen LogP contribution in [0.4, 0.5) is 11.5 Å². The molecule has 4 nitrogen and oxygen atoms in total. The van der Waals surface area contributed by atoms with E-state index in [9.17, 15) is 0 Å². The van der Waals surface area contributed by atoms with Crippen LogP contribution in [-0.2, 0) is 0 Å². The average Bonchev–Trinajstić information content (AvgIpc) is 2.49. The van der Waals surface area contributed by atoms with Crippen molar-refractivity contribution in [1.82, 2.24) is 9.97 Å². The van der Waals surface area contributed by atoms with Crippen LogP contribution in [0, 0.1) is 6.92 Å². The predicted molar refractivity (Wildman–Crippen MR) is 85.7 cm³/mol. The van der Waals surface area contributed by atoms with Crippen LogP contribution in [0.25, 0.3) is 0 Å². The number of nitrogens with zero attached hydrogens (tertiary/aromatic N) is 3. The zero-order chi connectivity index (χ0) is 14.4. The smallest absolute Gasteiger partial charge is 0.137 e. The van der Waals surface area contributed by atoms with E-state index in [1.165, 1.54) is 5.56 Å². The molecule has 0 spiro atoms. The summed E-state index contributed by atoms with van der Waals surface area (Å²) in [5.41, 5.74) is 8.03. The van der Waals surface area contributed by atoms with E-state index in [0.29, 0.717) is 6.54 Å². The summed E-state index contributed by atoms with van der Waals surface area (Å²) in [4.78, 5) is 10.8. The molecule has 0 unspecified atom stereocenters. The Morgan fingerprint density at radius 2 is 1.95 bits per heavy atom. The first kappa shape index (κ1) is 14.8. The van der Waals surface area contributed by atoms with Crippen LogP contribution in [0.15, 0.2) is 41.7 Å². The molecule has 0 atom stereocenters.